The summed E-state index contributed by atoms with van der Waals surface area (Å²) in [6.07, 6.45) is 5.51. The van der Waals surface area contributed by atoms with E-state index in [1.54, 1.807) is 6.33 Å². The molecule has 0 unspecified atom stereocenters. The van der Waals surface area contributed by atoms with Crippen molar-refractivity contribution in [2.45, 2.75) is 0 Å². The predicted octanol–water partition coefficient (Wildman–Crippen LogP) is 3.77. The Labute approximate surface area is 174 Å². The van der Waals surface area contributed by atoms with Crippen LogP contribution in [0.5, 0.6) is 0 Å². The van der Waals surface area contributed by atoms with Crippen molar-refractivity contribution in [3.8, 4) is 5.82 Å². The number of rotatable bonds is 3. The van der Waals surface area contributed by atoms with Crippen LogP contribution in [0.3, 0.4) is 0 Å². The van der Waals surface area contributed by atoms with Crippen molar-refractivity contribution in [2.24, 2.45) is 0 Å². The van der Waals surface area contributed by atoms with Gasteiger partial charge in [0.05, 0.1) is 0 Å². The molecule has 1 saturated heterocycles. The van der Waals surface area contributed by atoms with Crippen molar-refractivity contribution < 1.29 is 4.79 Å². The fraction of sp³-hybridized carbons (Fsp3) is 0.174. The molecule has 5 rings (SSSR count). The second-order valence-corrected chi connectivity index (χ2v) is 7.29. The van der Waals surface area contributed by atoms with Gasteiger partial charge >= 0.3 is 6.03 Å². The number of carbonyl (C=O) groups is 1. The Balaban J connectivity index is 1.22. The third kappa shape index (κ3) is 3.69. The molecule has 1 aliphatic rings. The number of aromatic nitrogens is 3. The zero-order valence-electron chi connectivity index (χ0n) is 16.5. The average molecular weight is 398 g/mol. The second-order valence-electron chi connectivity index (χ2n) is 7.29. The number of fused-ring (bicyclic) bond motifs is 1. The maximum Gasteiger partial charge on any atom is 0.321 e. The van der Waals surface area contributed by atoms with E-state index in [-0.39, 0.29) is 6.03 Å². The number of carbonyl (C=O) groups excluding carboxylic acids is 1. The summed E-state index contributed by atoms with van der Waals surface area (Å²) < 4.78 is 1.96. The Morgan fingerprint density at radius 1 is 0.800 bits per heavy atom. The molecule has 1 aliphatic heterocycles. The van der Waals surface area contributed by atoms with Gasteiger partial charge in [-0.3, -0.25) is 0 Å². The Morgan fingerprint density at radius 2 is 1.53 bits per heavy atom. The summed E-state index contributed by atoms with van der Waals surface area (Å²) in [7, 11) is 0. The van der Waals surface area contributed by atoms with Crippen molar-refractivity contribution >= 4 is 28.3 Å². The molecule has 3 heterocycles. The van der Waals surface area contributed by atoms with E-state index in [9.17, 15) is 4.79 Å². The van der Waals surface area contributed by atoms with E-state index in [1.807, 2.05) is 76.5 Å². The second kappa shape index (κ2) is 7.87. The largest absolute Gasteiger partial charge is 0.353 e. The van der Waals surface area contributed by atoms with Gasteiger partial charge in [-0.1, -0.05) is 30.3 Å². The Hall–Kier alpha value is -3.87. The molecule has 2 aromatic carbocycles. The normalized spacial score (nSPS) is 14.1. The van der Waals surface area contributed by atoms with Crippen LogP contribution in [0.15, 0.2) is 79.4 Å². The summed E-state index contributed by atoms with van der Waals surface area (Å²) in [5, 5.41) is 5.30. The lowest BCUT2D eigenvalue weighted by molar-refractivity contribution is 0.208. The van der Waals surface area contributed by atoms with Gasteiger partial charge in [0, 0.05) is 50.3 Å². The standard InChI is InChI=1S/C23H22N6O/c30-23(26-20-8-7-18-5-1-2-6-19(18)15-20)29-13-11-28(12-14-29)22-16-21(24-17-25-22)27-9-3-4-10-27/h1-10,15-17H,11-14H2,(H,26,30). The van der Waals surface area contributed by atoms with E-state index < -0.39 is 0 Å². The van der Waals surface area contributed by atoms with E-state index in [0.29, 0.717) is 13.1 Å². The first-order valence-corrected chi connectivity index (χ1v) is 10.0. The van der Waals surface area contributed by atoms with E-state index in [4.69, 9.17) is 0 Å². The molecule has 0 bridgehead atoms. The number of benzene rings is 2. The maximum absolute atomic E-state index is 12.7. The lowest BCUT2D eigenvalue weighted by Gasteiger charge is -2.35. The van der Waals surface area contributed by atoms with Crippen LogP contribution in [-0.4, -0.2) is 51.6 Å². The van der Waals surface area contributed by atoms with Crippen LogP contribution < -0.4 is 10.2 Å². The van der Waals surface area contributed by atoms with Crippen molar-refractivity contribution in [1.29, 1.82) is 0 Å². The van der Waals surface area contributed by atoms with Gasteiger partial charge in [-0.05, 0) is 35.0 Å². The number of amides is 2. The Bertz CT molecular complexity index is 1170. The zero-order valence-corrected chi connectivity index (χ0v) is 16.5. The highest BCUT2D eigenvalue weighted by molar-refractivity contribution is 5.93. The van der Waals surface area contributed by atoms with Gasteiger partial charge in [0.1, 0.15) is 18.0 Å². The molecule has 1 N–H and O–H groups in total. The smallest absolute Gasteiger partial charge is 0.321 e. The molecule has 0 radical (unpaired) electrons. The van der Waals surface area contributed by atoms with Crippen LogP contribution in [0.1, 0.15) is 0 Å². The number of hydrogen-bond acceptors (Lipinski definition) is 4. The third-order valence-electron chi connectivity index (χ3n) is 5.40. The lowest BCUT2D eigenvalue weighted by atomic mass is 10.1. The Morgan fingerprint density at radius 3 is 2.33 bits per heavy atom. The molecule has 7 heteroatoms. The van der Waals surface area contributed by atoms with E-state index in [1.165, 1.54) is 0 Å². The minimum Gasteiger partial charge on any atom is -0.353 e. The average Bonchev–Trinajstić information content (AvgIpc) is 3.34. The van der Waals surface area contributed by atoms with Gasteiger partial charge in [-0.25, -0.2) is 14.8 Å². The number of piperazine rings is 1. The van der Waals surface area contributed by atoms with Crippen LogP contribution in [0.4, 0.5) is 16.3 Å². The fourth-order valence-corrected chi connectivity index (χ4v) is 3.75. The molecule has 150 valence electrons. The van der Waals surface area contributed by atoms with Crippen LogP contribution in [0.2, 0.25) is 0 Å². The fourth-order valence-electron chi connectivity index (χ4n) is 3.75. The number of urea groups is 1. The van der Waals surface area contributed by atoms with Gasteiger partial charge in [-0.15, -0.1) is 0 Å². The monoisotopic (exact) mass is 398 g/mol. The van der Waals surface area contributed by atoms with Crippen LogP contribution >= 0.6 is 0 Å². The van der Waals surface area contributed by atoms with E-state index >= 15 is 0 Å². The van der Waals surface area contributed by atoms with Crippen LogP contribution in [-0.2, 0) is 0 Å². The minimum absolute atomic E-state index is 0.0688. The van der Waals surface area contributed by atoms with Crippen molar-refractivity contribution in [3.05, 3.63) is 79.4 Å². The molecule has 0 atom stereocenters. The molecule has 0 spiro atoms. The number of anilines is 2. The quantitative estimate of drug-likeness (QED) is 0.570. The number of hydrogen-bond donors (Lipinski definition) is 1. The van der Waals surface area contributed by atoms with Gasteiger partial charge in [-0.2, -0.15) is 0 Å². The molecule has 2 aromatic heterocycles. The molecular formula is C23H22N6O. The van der Waals surface area contributed by atoms with Crippen molar-refractivity contribution in [1.82, 2.24) is 19.4 Å². The maximum atomic E-state index is 12.7. The molecular weight excluding hydrogens is 376 g/mol. The molecule has 4 aromatic rings. The number of nitrogens with zero attached hydrogens (tertiary/aromatic N) is 5. The summed E-state index contributed by atoms with van der Waals surface area (Å²) >= 11 is 0. The minimum atomic E-state index is -0.0688. The van der Waals surface area contributed by atoms with Crippen LogP contribution in [0.25, 0.3) is 16.6 Å². The molecule has 2 amide bonds. The summed E-state index contributed by atoms with van der Waals surface area (Å²) in [5.74, 6) is 1.71. The highest BCUT2D eigenvalue weighted by atomic mass is 16.2. The molecule has 7 nitrogen and oxygen atoms in total. The SMILES string of the molecule is O=C(Nc1ccc2ccccc2c1)N1CCN(c2cc(-n3cccc3)ncn2)CC1. The molecule has 30 heavy (non-hydrogen) atoms. The first kappa shape index (κ1) is 18.2. The highest BCUT2D eigenvalue weighted by Crippen LogP contribution is 2.20. The van der Waals surface area contributed by atoms with Gasteiger partial charge < -0.3 is 19.7 Å². The highest BCUT2D eigenvalue weighted by Gasteiger charge is 2.22. The summed E-state index contributed by atoms with van der Waals surface area (Å²) in [6.45, 7) is 2.74. The topological polar surface area (TPSA) is 66.3 Å². The third-order valence-corrected chi connectivity index (χ3v) is 5.40. The van der Waals surface area contributed by atoms with E-state index in [2.05, 4.69) is 26.3 Å². The summed E-state index contributed by atoms with van der Waals surface area (Å²) in [4.78, 5) is 25.5. The molecule has 1 fully saturated rings. The van der Waals surface area contributed by atoms with Crippen LogP contribution in [0, 0.1) is 0 Å². The van der Waals surface area contributed by atoms with Crippen molar-refractivity contribution in [2.75, 3.05) is 36.4 Å². The first-order valence-electron chi connectivity index (χ1n) is 10.0. The summed E-state index contributed by atoms with van der Waals surface area (Å²) in [6, 6.07) is 20.0. The zero-order chi connectivity index (χ0) is 20.3. The summed E-state index contributed by atoms with van der Waals surface area (Å²) in [5.41, 5.74) is 0.813. The molecule has 0 aliphatic carbocycles. The van der Waals surface area contributed by atoms with E-state index in [0.717, 1.165) is 41.2 Å². The molecule has 0 saturated carbocycles. The lowest BCUT2D eigenvalue weighted by Crippen LogP contribution is -2.50. The first-order chi connectivity index (χ1) is 14.8. The number of nitrogens with one attached hydrogen (secondary N) is 1. The van der Waals surface area contributed by atoms with Gasteiger partial charge in [0.25, 0.3) is 0 Å². The van der Waals surface area contributed by atoms with Gasteiger partial charge in [0.15, 0.2) is 0 Å². The predicted molar refractivity (Wildman–Crippen MR) is 118 cm³/mol. The van der Waals surface area contributed by atoms with Crippen molar-refractivity contribution in [3.63, 3.8) is 0 Å². The van der Waals surface area contributed by atoms with Gasteiger partial charge in [0.2, 0.25) is 0 Å². The Kier molecular flexibility index (Phi) is 4.77.